The number of ether oxygens (including phenoxy) is 1. The Balaban J connectivity index is 1.68. The minimum absolute atomic E-state index is 0.0284. The predicted molar refractivity (Wildman–Crippen MR) is 94.4 cm³/mol. The van der Waals surface area contributed by atoms with Gasteiger partial charge in [0.2, 0.25) is 11.7 Å². The minimum Gasteiger partial charge on any atom is -0.377 e. The second-order valence-corrected chi connectivity index (χ2v) is 6.73. The number of amides is 1. The quantitative estimate of drug-likeness (QED) is 0.849. The van der Waals surface area contributed by atoms with Crippen LogP contribution in [0.2, 0.25) is 0 Å². The summed E-state index contributed by atoms with van der Waals surface area (Å²) in [5, 5.41) is 2.93. The zero-order chi connectivity index (χ0) is 18.0. The molecule has 2 atom stereocenters. The maximum Gasteiger partial charge on any atom is 0.230 e. The zero-order valence-corrected chi connectivity index (χ0v) is 14.7. The average Bonchev–Trinajstić information content (AvgIpc) is 3.23. The van der Waals surface area contributed by atoms with Crippen LogP contribution in [0.4, 0.5) is 5.69 Å². The summed E-state index contributed by atoms with van der Waals surface area (Å²) < 4.78 is 7.36. The molecule has 0 unspecified atom stereocenters. The Labute approximate surface area is 147 Å². The Morgan fingerprint density at radius 3 is 2.60 bits per heavy atom. The average molecular weight is 341 g/mol. The molecule has 6 heteroatoms. The van der Waals surface area contributed by atoms with Crippen LogP contribution in [0.3, 0.4) is 0 Å². The molecule has 1 aromatic heterocycles. The van der Waals surface area contributed by atoms with Gasteiger partial charge in [0.25, 0.3) is 0 Å². The number of carbonyl (C=O) groups is 2. The van der Waals surface area contributed by atoms with Gasteiger partial charge in [-0.25, -0.2) is 4.98 Å². The van der Waals surface area contributed by atoms with Crippen LogP contribution in [-0.2, 0) is 16.6 Å². The molecule has 1 N–H and O–H groups in total. The van der Waals surface area contributed by atoms with Crippen LogP contribution in [0, 0.1) is 11.8 Å². The van der Waals surface area contributed by atoms with Gasteiger partial charge in [0, 0.05) is 37.3 Å². The van der Waals surface area contributed by atoms with Crippen molar-refractivity contribution in [3.63, 3.8) is 0 Å². The number of aryl methyl sites for hydroxylation is 1. The first-order valence-corrected chi connectivity index (χ1v) is 8.52. The normalized spacial score (nSPS) is 20.0. The zero-order valence-electron chi connectivity index (χ0n) is 14.7. The fraction of sp³-hybridized carbons (Fsp3) is 0.421. The molecule has 3 rings (SSSR count). The number of rotatable bonds is 5. The molecule has 2 aromatic rings. The first-order valence-electron chi connectivity index (χ1n) is 8.52. The smallest absolute Gasteiger partial charge is 0.230 e. The topological polar surface area (TPSA) is 73.2 Å². The van der Waals surface area contributed by atoms with Crippen LogP contribution in [0.1, 0.15) is 36.5 Å². The summed E-state index contributed by atoms with van der Waals surface area (Å²) in [5.74, 6) is 0.387. The number of anilines is 1. The number of nitrogens with zero attached hydrogens (tertiary/aromatic N) is 2. The highest BCUT2D eigenvalue weighted by atomic mass is 16.5. The van der Waals surface area contributed by atoms with E-state index in [9.17, 15) is 9.59 Å². The predicted octanol–water partition coefficient (Wildman–Crippen LogP) is 2.65. The first-order chi connectivity index (χ1) is 12.0. The Hall–Kier alpha value is -2.47. The SMILES string of the molecule is CC(C)[C@H]1OCC[C@H]1C(=O)Nc1ccc(C(=O)c2nccn2C)cc1. The van der Waals surface area contributed by atoms with Gasteiger partial charge in [0.15, 0.2) is 5.82 Å². The summed E-state index contributed by atoms with van der Waals surface area (Å²) in [6.45, 7) is 4.75. The lowest BCUT2D eigenvalue weighted by Gasteiger charge is -2.21. The second-order valence-electron chi connectivity index (χ2n) is 6.73. The van der Waals surface area contributed by atoms with Gasteiger partial charge in [0.05, 0.1) is 12.0 Å². The van der Waals surface area contributed by atoms with Crippen molar-refractivity contribution in [1.29, 1.82) is 0 Å². The van der Waals surface area contributed by atoms with Gasteiger partial charge < -0.3 is 14.6 Å². The summed E-state index contributed by atoms with van der Waals surface area (Å²) in [6.07, 6.45) is 4.03. The molecule has 1 aliphatic heterocycles. The highest BCUT2D eigenvalue weighted by molar-refractivity contribution is 6.07. The standard InChI is InChI=1S/C19H23N3O3/c1-12(2)17-15(8-11-25-17)19(24)21-14-6-4-13(5-7-14)16(23)18-20-9-10-22(18)3/h4-7,9-10,12,15,17H,8,11H2,1-3H3,(H,21,24)/t15-,17-/m1/s1. The van der Waals surface area contributed by atoms with Crippen molar-refractivity contribution >= 4 is 17.4 Å². The molecule has 1 saturated heterocycles. The van der Waals surface area contributed by atoms with E-state index < -0.39 is 0 Å². The van der Waals surface area contributed by atoms with Crippen molar-refractivity contribution in [2.45, 2.75) is 26.4 Å². The summed E-state index contributed by atoms with van der Waals surface area (Å²) in [6, 6.07) is 6.90. The number of hydrogen-bond acceptors (Lipinski definition) is 4. The third-order valence-electron chi connectivity index (χ3n) is 4.57. The molecule has 0 radical (unpaired) electrons. The minimum atomic E-state index is -0.144. The Bertz CT molecular complexity index is 764. The van der Waals surface area contributed by atoms with Gasteiger partial charge >= 0.3 is 0 Å². The fourth-order valence-electron chi connectivity index (χ4n) is 3.20. The number of ketones is 1. The van der Waals surface area contributed by atoms with Gasteiger partial charge in [-0.15, -0.1) is 0 Å². The molecule has 1 aliphatic rings. The number of carbonyl (C=O) groups excluding carboxylic acids is 2. The lowest BCUT2D eigenvalue weighted by Crippen LogP contribution is -2.32. The molecule has 1 fully saturated rings. The van der Waals surface area contributed by atoms with E-state index in [4.69, 9.17) is 4.74 Å². The summed E-state index contributed by atoms with van der Waals surface area (Å²) in [5.41, 5.74) is 1.22. The molecule has 0 aliphatic carbocycles. The molecule has 1 amide bonds. The van der Waals surface area contributed by atoms with Crippen LogP contribution < -0.4 is 5.32 Å². The van der Waals surface area contributed by atoms with Gasteiger partial charge in [-0.2, -0.15) is 0 Å². The molecular formula is C19H23N3O3. The maximum absolute atomic E-state index is 12.5. The monoisotopic (exact) mass is 341 g/mol. The number of benzene rings is 1. The molecule has 25 heavy (non-hydrogen) atoms. The van der Waals surface area contributed by atoms with Gasteiger partial charge in [-0.3, -0.25) is 9.59 Å². The molecule has 6 nitrogen and oxygen atoms in total. The van der Waals surface area contributed by atoms with Crippen molar-refractivity contribution in [3.05, 3.63) is 48.0 Å². The highest BCUT2D eigenvalue weighted by Crippen LogP contribution is 2.28. The van der Waals surface area contributed by atoms with Crippen molar-refractivity contribution in [1.82, 2.24) is 9.55 Å². The van der Waals surface area contributed by atoms with Crippen LogP contribution in [0.15, 0.2) is 36.7 Å². The molecule has 1 aromatic carbocycles. The van der Waals surface area contributed by atoms with E-state index in [2.05, 4.69) is 24.1 Å². The van der Waals surface area contributed by atoms with E-state index in [1.807, 2.05) is 0 Å². The number of imidazole rings is 1. The molecule has 0 saturated carbocycles. The lowest BCUT2D eigenvalue weighted by atomic mass is 9.92. The Kier molecular flexibility index (Phi) is 4.99. The van der Waals surface area contributed by atoms with E-state index in [1.54, 1.807) is 48.3 Å². The van der Waals surface area contributed by atoms with Gasteiger partial charge in [-0.1, -0.05) is 13.8 Å². The van der Waals surface area contributed by atoms with E-state index in [1.165, 1.54) is 0 Å². The number of hydrogen-bond donors (Lipinski definition) is 1. The number of nitrogens with one attached hydrogen (secondary N) is 1. The largest absolute Gasteiger partial charge is 0.377 e. The molecule has 132 valence electrons. The highest BCUT2D eigenvalue weighted by Gasteiger charge is 2.35. The van der Waals surface area contributed by atoms with Crippen molar-refractivity contribution < 1.29 is 14.3 Å². The van der Waals surface area contributed by atoms with Crippen molar-refractivity contribution in [2.24, 2.45) is 18.9 Å². The van der Waals surface area contributed by atoms with Crippen LogP contribution in [0.5, 0.6) is 0 Å². The molecular weight excluding hydrogens is 318 g/mol. The Morgan fingerprint density at radius 1 is 1.28 bits per heavy atom. The molecule has 0 spiro atoms. The van der Waals surface area contributed by atoms with Crippen molar-refractivity contribution in [3.8, 4) is 0 Å². The molecule has 0 bridgehead atoms. The van der Waals surface area contributed by atoms with Crippen LogP contribution in [0.25, 0.3) is 0 Å². The Morgan fingerprint density at radius 2 is 2.00 bits per heavy atom. The summed E-state index contributed by atoms with van der Waals surface area (Å²) in [7, 11) is 1.78. The maximum atomic E-state index is 12.5. The lowest BCUT2D eigenvalue weighted by molar-refractivity contribution is -0.122. The third-order valence-corrected chi connectivity index (χ3v) is 4.57. The van der Waals surface area contributed by atoms with Crippen LogP contribution >= 0.6 is 0 Å². The fourth-order valence-corrected chi connectivity index (χ4v) is 3.20. The summed E-state index contributed by atoms with van der Waals surface area (Å²) in [4.78, 5) is 29.0. The van der Waals surface area contributed by atoms with E-state index in [-0.39, 0.29) is 23.7 Å². The van der Waals surface area contributed by atoms with Crippen LogP contribution in [-0.4, -0.2) is 34.0 Å². The number of aromatic nitrogens is 2. The van der Waals surface area contributed by atoms with Gasteiger partial charge in [0.1, 0.15) is 0 Å². The third kappa shape index (κ3) is 3.64. The van der Waals surface area contributed by atoms with Gasteiger partial charge in [-0.05, 0) is 36.6 Å². The van der Waals surface area contributed by atoms with Crippen molar-refractivity contribution in [2.75, 3.05) is 11.9 Å². The molecule has 2 heterocycles. The van der Waals surface area contributed by atoms with E-state index in [0.29, 0.717) is 29.6 Å². The summed E-state index contributed by atoms with van der Waals surface area (Å²) >= 11 is 0. The van der Waals surface area contributed by atoms with E-state index >= 15 is 0 Å². The second kappa shape index (κ2) is 7.19. The first kappa shape index (κ1) is 17.4. The van der Waals surface area contributed by atoms with E-state index in [0.717, 1.165) is 6.42 Å².